The van der Waals surface area contributed by atoms with Crippen LogP contribution in [-0.4, -0.2) is 37.7 Å². The van der Waals surface area contributed by atoms with E-state index in [0.717, 1.165) is 13.0 Å². The van der Waals surface area contributed by atoms with Crippen molar-refractivity contribution in [2.24, 2.45) is 5.92 Å². The van der Waals surface area contributed by atoms with Crippen LogP contribution in [-0.2, 0) is 0 Å². The molecule has 0 N–H and O–H groups in total. The molecule has 136 valence electrons. The number of alkyl halides is 2. The van der Waals surface area contributed by atoms with Gasteiger partial charge in [-0.05, 0) is 30.5 Å². The predicted octanol–water partition coefficient (Wildman–Crippen LogP) is 3.74. The van der Waals surface area contributed by atoms with Crippen LogP contribution in [0.2, 0.25) is 5.02 Å². The molecule has 3 aromatic rings. The summed E-state index contributed by atoms with van der Waals surface area (Å²) >= 11 is 6.29. The summed E-state index contributed by atoms with van der Waals surface area (Å²) in [5.74, 6) is 1.17. The van der Waals surface area contributed by atoms with Crippen LogP contribution < -0.4 is 4.90 Å². The number of hydrogen-bond donors (Lipinski definition) is 0. The molecule has 4 rings (SSSR count). The molecule has 0 aliphatic carbocycles. The van der Waals surface area contributed by atoms with Crippen molar-refractivity contribution in [2.75, 3.05) is 18.0 Å². The molecule has 2 atom stereocenters. The number of aromatic nitrogens is 5. The van der Waals surface area contributed by atoms with Crippen molar-refractivity contribution < 1.29 is 8.78 Å². The van der Waals surface area contributed by atoms with Gasteiger partial charge in [0.15, 0.2) is 0 Å². The van der Waals surface area contributed by atoms with Crippen LogP contribution in [0.3, 0.4) is 0 Å². The Balaban J connectivity index is 1.75. The lowest BCUT2D eigenvalue weighted by atomic mass is 9.84. The van der Waals surface area contributed by atoms with Crippen molar-refractivity contribution in [1.82, 2.24) is 24.6 Å². The lowest BCUT2D eigenvalue weighted by Gasteiger charge is -2.38. The number of piperidine rings is 1. The minimum atomic E-state index is -2.66. The fraction of sp³-hybridized carbons (Fsp3) is 0.412. The van der Waals surface area contributed by atoms with Crippen LogP contribution in [0.25, 0.3) is 5.78 Å². The van der Waals surface area contributed by atoms with Crippen molar-refractivity contribution in [2.45, 2.75) is 25.7 Å². The fourth-order valence-corrected chi connectivity index (χ4v) is 3.73. The normalized spacial score (nSPS) is 20.9. The number of nitrogens with zero attached hydrogens (tertiary/aromatic N) is 6. The molecule has 0 spiro atoms. The third kappa shape index (κ3) is 2.98. The second-order valence-corrected chi connectivity index (χ2v) is 6.91. The lowest BCUT2D eigenvalue weighted by Crippen LogP contribution is -2.39. The van der Waals surface area contributed by atoms with Crippen LogP contribution in [0.4, 0.5) is 14.6 Å². The highest BCUT2D eigenvalue weighted by Gasteiger charge is 2.32. The largest absolute Gasteiger partial charge is 0.355 e. The van der Waals surface area contributed by atoms with Gasteiger partial charge in [0, 0.05) is 25.2 Å². The van der Waals surface area contributed by atoms with Gasteiger partial charge in [0.25, 0.3) is 12.2 Å². The monoisotopic (exact) mass is 378 g/mol. The van der Waals surface area contributed by atoms with Crippen molar-refractivity contribution in [3.63, 3.8) is 0 Å². The van der Waals surface area contributed by atoms with E-state index in [1.54, 1.807) is 22.8 Å². The summed E-state index contributed by atoms with van der Waals surface area (Å²) in [5, 5.41) is 4.76. The van der Waals surface area contributed by atoms with Gasteiger partial charge in [-0.25, -0.2) is 23.3 Å². The molecule has 1 aliphatic rings. The van der Waals surface area contributed by atoms with Crippen molar-refractivity contribution in [3.8, 4) is 0 Å². The van der Waals surface area contributed by atoms with Crippen LogP contribution in [0.1, 0.15) is 37.1 Å². The molecule has 6 nitrogen and oxygen atoms in total. The number of fused-ring (bicyclic) bond motifs is 1. The summed E-state index contributed by atoms with van der Waals surface area (Å²) in [5.41, 5.74) is 0.410. The zero-order valence-electron chi connectivity index (χ0n) is 14.1. The van der Waals surface area contributed by atoms with Gasteiger partial charge >= 0.3 is 0 Å². The van der Waals surface area contributed by atoms with E-state index in [1.807, 2.05) is 0 Å². The third-order valence-corrected chi connectivity index (χ3v) is 5.19. The van der Waals surface area contributed by atoms with Crippen LogP contribution in [0.5, 0.6) is 0 Å². The van der Waals surface area contributed by atoms with E-state index in [-0.39, 0.29) is 23.3 Å². The summed E-state index contributed by atoms with van der Waals surface area (Å²) in [6.45, 7) is 3.54. The van der Waals surface area contributed by atoms with E-state index in [4.69, 9.17) is 11.6 Å². The standard InChI is InChI=1S/C17H17ClF2N6/c1-10-4-6-25(16-12(18)3-2-5-21-16)8-11(10)14-7-13(15(19)20)24-17-22-9-23-26(14)17/h2-3,5,7,9-11,15H,4,6,8H2,1H3/t10-,11-/m1/s1. The summed E-state index contributed by atoms with van der Waals surface area (Å²) < 4.78 is 28.1. The lowest BCUT2D eigenvalue weighted by molar-refractivity contribution is 0.146. The first kappa shape index (κ1) is 17.1. The molecule has 1 fully saturated rings. The van der Waals surface area contributed by atoms with Gasteiger partial charge in [-0.1, -0.05) is 18.5 Å². The van der Waals surface area contributed by atoms with Gasteiger partial charge in [-0.2, -0.15) is 10.1 Å². The van der Waals surface area contributed by atoms with E-state index < -0.39 is 6.43 Å². The Bertz CT molecular complexity index is 931. The molecule has 0 radical (unpaired) electrons. The molecule has 0 saturated carbocycles. The van der Waals surface area contributed by atoms with E-state index >= 15 is 0 Å². The van der Waals surface area contributed by atoms with Crippen LogP contribution in [0, 0.1) is 5.92 Å². The molecule has 0 aromatic carbocycles. The highest BCUT2D eigenvalue weighted by atomic mass is 35.5. The molecular formula is C17H17ClF2N6. The van der Waals surface area contributed by atoms with E-state index in [1.165, 1.54) is 12.4 Å². The molecule has 0 bridgehead atoms. The minimum absolute atomic E-state index is 0.0217. The van der Waals surface area contributed by atoms with Gasteiger partial charge in [0.05, 0.1) is 10.7 Å². The van der Waals surface area contributed by atoms with Crippen molar-refractivity contribution in [1.29, 1.82) is 0 Å². The van der Waals surface area contributed by atoms with Crippen LogP contribution in [0.15, 0.2) is 30.7 Å². The molecule has 0 unspecified atom stereocenters. The first-order valence-electron chi connectivity index (χ1n) is 8.38. The molecule has 4 heterocycles. The maximum absolute atomic E-state index is 13.3. The Morgan fingerprint density at radius 2 is 2.15 bits per heavy atom. The van der Waals surface area contributed by atoms with Gasteiger partial charge in [0.2, 0.25) is 0 Å². The summed E-state index contributed by atoms with van der Waals surface area (Å²) in [4.78, 5) is 14.4. The SMILES string of the molecule is C[C@@H]1CCN(c2ncccc2Cl)C[C@H]1c1cc(C(F)F)nc2ncnn12. The number of pyridine rings is 1. The molecular weight excluding hydrogens is 362 g/mol. The Kier molecular flexibility index (Phi) is 4.44. The van der Waals surface area contributed by atoms with E-state index in [2.05, 4.69) is 31.9 Å². The zero-order valence-corrected chi connectivity index (χ0v) is 14.8. The Morgan fingerprint density at radius 1 is 1.31 bits per heavy atom. The number of hydrogen-bond acceptors (Lipinski definition) is 5. The minimum Gasteiger partial charge on any atom is -0.355 e. The van der Waals surface area contributed by atoms with Gasteiger partial charge in [-0.15, -0.1) is 0 Å². The summed E-state index contributed by atoms with van der Waals surface area (Å²) in [7, 11) is 0. The topological polar surface area (TPSA) is 59.2 Å². The Hall–Kier alpha value is -2.35. The van der Waals surface area contributed by atoms with Gasteiger partial charge < -0.3 is 4.90 Å². The number of anilines is 1. The highest BCUT2D eigenvalue weighted by molar-refractivity contribution is 6.32. The van der Waals surface area contributed by atoms with E-state index in [0.29, 0.717) is 23.1 Å². The molecule has 9 heteroatoms. The number of rotatable bonds is 3. The first-order valence-corrected chi connectivity index (χ1v) is 8.76. The van der Waals surface area contributed by atoms with E-state index in [9.17, 15) is 8.78 Å². The highest BCUT2D eigenvalue weighted by Crippen LogP contribution is 2.36. The maximum Gasteiger partial charge on any atom is 0.280 e. The smallest absolute Gasteiger partial charge is 0.280 e. The second-order valence-electron chi connectivity index (χ2n) is 6.51. The molecule has 3 aromatic heterocycles. The average Bonchev–Trinajstić information content (AvgIpc) is 3.10. The second kappa shape index (κ2) is 6.75. The zero-order chi connectivity index (χ0) is 18.3. The number of halogens is 3. The summed E-state index contributed by atoms with van der Waals surface area (Å²) in [6, 6.07) is 5.03. The molecule has 26 heavy (non-hydrogen) atoms. The maximum atomic E-state index is 13.3. The quantitative estimate of drug-likeness (QED) is 0.694. The molecule has 1 aliphatic heterocycles. The van der Waals surface area contributed by atoms with Gasteiger partial charge in [-0.3, -0.25) is 0 Å². The van der Waals surface area contributed by atoms with Crippen molar-refractivity contribution >= 4 is 23.2 Å². The fourth-order valence-electron chi connectivity index (χ4n) is 3.49. The molecule has 1 saturated heterocycles. The predicted molar refractivity (Wildman–Crippen MR) is 93.7 cm³/mol. The Morgan fingerprint density at radius 3 is 2.92 bits per heavy atom. The van der Waals surface area contributed by atoms with Crippen LogP contribution >= 0.6 is 11.6 Å². The summed E-state index contributed by atoms with van der Waals surface area (Å²) in [6.07, 6.45) is 1.27. The Labute approximate surface area is 153 Å². The average molecular weight is 379 g/mol. The first-order chi connectivity index (χ1) is 12.5. The van der Waals surface area contributed by atoms with Gasteiger partial charge in [0.1, 0.15) is 17.8 Å². The third-order valence-electron chi connectivity index (χ3n) is 4.90. The van der Waals surface area contributed by atoms with Crippen molar-refractivity contribution in [3.05, 3.63) is 47.1 Å². The molecule has 0 amide bonds.